The number of carbonyl (C=O) groups excluding carboxylic acids is 2. The first-order chi connectivity index (χ1) is 18.4. The number of hydrogen-bond acceptors (Lipinski definition) is 6. The van der Waals surface area contributed by atoms with Crippen molar-refractivity contribution < 1.29 is 19.1 Å². The molecule has 0 saturated carbocycles. The molecule has 2 fully saturated rings. The highest BCUT2D eigenvalue weighted by Crippen LogP contribution is 2.30. The van der Waals surface area contributed by atoms with Gasteiger partial charge in [-0.3, -0.25) is 0 Å². The van der Waals surface area contributed by atoms with Gasteiger partial charge in [0.05, 0.1) is 31.4 Å². The average molecular weight is 535 g/mol. The normalized spacial score (nSPS) is 18.2. The Kier molecular flexibility index (Phi) is 6.90. The molecule has 5 rings (SSSR count). The molecule has 2 aliphatic heterocycles. The van der Waals surface area contributed by atoms with Crippen molar-refractivity contribution in [1.29, 1.82) is 0 Å². The van der Waals surface area contributed by atoms with E-state index in [0.717, 1.165) is 17.0 Å². The molecule has 1 unspecified atom stereocenters. The lowest BCUT2D eigenvalue weighted by Gasteiger charge is -2.47. The standard InChI is InChI=1S/C29H38N6O4/c1-19-12-23(38-15-21(3)22-10-8-7-9-11-22)14-35-25(19)30-24(32-35)20(2)13-33-16-29(31-26(33)36)17-34(18-29)27(37)39-28(4,5)6/h7-12,14,20-21H,13,15-18H2,1-6H3,(H,31,36)/t20?,21-/m0/s1. The highest BCUT2D eigenvalue weighted by molar-refractivity contribution is 5.80. The molecular formula is C29H38N6O4. The number of hydrogen-bond donors (Lipinski definition) is 1. The Morgan fingerprint density at radius 2 is 1.85 bits per heavy atom. The lowest BCUT2D eigenvalue weighted by atomic mass is 9.91. The molecule has 0 bridgehead atoms. The van der Waals surface area contributed by atoms with Crippen LogP contribution < -0.4 is 10.1 Å². The van der Waals surface area contributed by atoms with Crippen molar-refractivity contribution >= 4 is 17.8 Å². The van der Waals surface area contributed by atoms with E-state index in [4.69, 9.17) is 19.6 Å². The molecule has 39 heavy (non-hydrogen) atoms. The minimum Gasteiger partial charge on any atom is -0.491 e. The third-order valence-corrected chi connectivity index (χ3v) is 7.20. The Balaban J connectivity index is 1.20. The van der Waals surface area contributed by atoms with Gasteiger partial charge in [-0.05, 0) is 44.9 Å². The van der Waals surface area contributed by atoms with E-state index in [-0.39, 0.29) is 24.0 Å². The van der Waals surface area contributed by atoms with E-state index in [2.05, 4.69) is 24.4 Å². The molecule has 1 N–H and O–H groups in total. The van der Waals surface area contributed by atoms with Crippen molar-refractivity contribution in [1.82, 2.24) is 29.7 Å². The predicted octanol–water partition coefficient (Wildman–Crippen LogP) is 4.34. The van der Waals surface area contributed by atoms with Crippen molar-refractivity contribution in [2.45, 2.75) is 64.5 Å². The highest BCUT2D eigenvalue weighted by Gasteiger charge is 2.53. The summed E-state index contributed by atoms with van der Waals surface area (Å²) >= 11 is 0. The molecule has 2 aromatic heterocycles. The van der Waals surface area contributed by atoms with Crippen LogP contribution in [0.25, 0.3) is 5.65 Å². The molecule has 0 aliphatic carbocycles. The van der Waals surface area contributed by atoms with Crippen LogP contribution in [0.1, 0.15) is 63.4 Å². The fourth-order valence-electron chi connectivity index (χ4n) is 5.18. The van der Waals surface area contributed by atoms with Crippen molar-refractivity contribution in [3.05, 3.63) is 59.5 Å². The minimum atomic E-state index is -0.548. The van der Waals surface area contributed by atoms with Crippen LogP contribution in [0.15, 0.2) is 42.6 Å². The highest BCUT2D eigenvalue weighted by atomic mass is 16.6. The minimum absolute atomic E-state index is 0.0743. The number of aromatic nitrogens is 3. The number of aryl methyl sites for hydroxylation is 1. The van der Waals surface area contributed by atoms with E-state index in [1.54, 1.807) is 14.3 Å². The number of likely N-dealkylation sites (tertiary alicyclic amines) is 1. The Bertz CT molecular complexity index is 1360. The van der Waals surface area contributed by atoms with Gasteiger partial charge in [-0.1, -0.05) is 44.2 Å². The fourth-order valence-corrected chi connectivity index (χ4v) is 5.18. The quantitative estimate of drug-likeness (QED) is 0.484. The largest absolute Gasteiger partial charge is 0.491 e. The maximum Gasteiger partial charge on any atom is 0.410 e. The van der Waals surface area contributed by atoms with Crippen LogP contribution in [0.5, 0.6) is 5.75 Å². The number of fused-ring (bicyclic) bond motifs is 1. The smallest absolute Gasteiger partial charge is 0.410 e. The Morgan fingerprint density at radius 3 is 2.54 bits per heavy atom. The SMILES string of the molecule is Cc1cc(OC[C@H](C)c2ccccc2)cn2nc(C(C)CN3CC4(CN(C(=O)OC(C)(C)C)C4)NC3=O)nc12. The molecular weight excluding hydrogens is 496 g/mol. The van der Waals surface area contributed by atoms with Crippen LogP contribution in [0.2, 0.25) is 0 Å². The van der Waals surface area contributed by atoms with Crippen LogP contribution in [0.3, 0.4) is 0 Å². The Hall–Kier alpha value is -3.82. The van der Waals surface area contributed by atoms with Gasteiger partial charge in [-0.25, -0.2) is 19.1 Å². The monoisotopic (exact) mass is 534 g/mol. The predicted molar refractivity (Wildman–Crippen MR) is 147 cm³/mol. The summed E-state index contributed by atoms with van der Waals surface area (Å²) in [5, 5.41) is 7.80. The van der Waals surface area contributed by atoms with Crippen LogP contribution >= 0.6 is 0 Å². The zero-order valence-electron chi connectivity index (χ0n) is 23.6. The third kappa shape index (κ3) is 5.79. The van der Waals surface area contributed by atoms with E-state index in [1.165, 1.54) is 5.56 Å². The molecule has 2 aliphatic rings. The Labute approximate surface area is 229 Å². The van der Waals surface area contributed by atoms with Crippen molar-refractivity contribution in [3.8, 4) is 5.75 Å². The summed E-state index contributed by atoms with van der Waals surface area (Å²) in [5.74, 6) is 1.60. The number of urea groups is 1. The van der Waals surface area contributed by atoms with Crippen molar-refractivity contribution in [2.24, 2.45) is 0 Å². The topological polar surface area (TPSA) is 101 Å². The number of nitrogens with zero attached hydrogens (tertiary/aromatic N) is 5. The number of nitrogens with one attached hydrogen (secondary N) is 1. The first-order valence-corrected chi connectivity index (χ1v) is 13.5. The molecule has 0 radical (unpaired) electrons. The number of rotatable bonds is 7. The van der Waals surface area contributed by atoms with Gasteiger partial charge in [0.15, 0.2) is 11.5 Å². The summed E-state index contributed by atoms with van der Waals surface area (Å²) in [5.41, 5.74) is 2.00. The maximum atomic E-state index is 12.8. The second kappa shape index (κ2) is 10.1. The molecule has 3 amide bonds. The zero-order valence-corrected chi connectivity index (χ0v) is 23.6. The molecule has 3 aromatic rings. The van der Waals surface area contributed by atoms with Gasteiger partial charge in [0.2, 0.25) is 0 Å². The van der Waals surface area contributed by atoms with Gasteiger partial charge in [-0.15, -0.1) is 0 Å². The molecule has 2 atom stereocenters. The summed E-state index contributed by atoms with van der Waals surface area (Å²) in [6, 6.07) is 12.2. The summed E-state index contributed by atoms with van der Waals surface area (Å²) in [6.45, 7) is 14.1. The van der Waals surface area contributed by atoms with Gasteiger partial charge in [0.25, 0.3) is 0 Å². The first-order valence-electron chi connectivity index (χ1n) is 13.5. The molecule has 4 heterocycles. The second-order valence-electron chi connectivity index (χ2n) is 12.0. The van der Waals surface area contributed by atoms with Crippen LogP contribution in [0, 0.1) is 6.92 Å². The van der Waals surface area contributed by atoms with Crippen LogP contribution in [-0.2, 0) is 4.74 Å². The van der Waals surface area contributed by atoms with E-state index in [1.807, 2.05) is 65.1 Å². The molecule has 10 heteroatoms. The number of ether oxygens (including phenoxy) is 2. The first kappa shape index (κ1) is 26.8. The molecule has 1 aromatic carbocycles. The van der Waals surface area contributed by atoms with Crippen LogP contribution in [0.4, 0.5) is 9.59 Å². The van der Waals surface area contributed by atoms with Gasteiger partial charge >= 0.3 is 12.1 Å². The van der Waals surface area contributed by atoms with E-state index in [9.17, 15) is 9.59 Å². The lowest BCUT2D eigenvalue weighted by Crippen LogP contribution is -2.70. The lowest BCUT2D eigenvalue weighted by molar-refractivity contribution is -0.0109. The number of carbonyl (C=O) groups is 2. The van der Waals surface area contributed by atoms with Crippen molar-refractivity contribution in [3.63, 3.8) is 0 Å². The van der Waals surface area contributed by atoms with Crippen LogP contribution in [-0.4, -0.2) is 80.4 Å². The van der Waals surface area contributed by atoms with Crippen molar-refractivity contribution in [2.75, 3.05) is 32.8 Å². The third-order valence-electron chi connectivity index (χ3n) is 7.20. The average Bonchev–Trinajstić information content (AvgIpc) is 3.43. The molecule has 208 valence electrons. The van der Waals surface area contributed by atoms with Gasteiger partial charge < -0.3 is 24.6 Å². The summed E-state index contributed by atoms with van der Waals surface area (Å²) in [7, 11) is 0. The second-order valence-corrected chi connectivity index (χ2v) is 12.0. The van der Waals surface area contributed by atoms with E-state index in [0.29, 0.717) is 38.6 Å². The number of amides is 3. The van der Waals surface area contributed by atoms with E-state index < -0.39 is 11.1 Å². The number of pyridine rings is 1. The fraction of sp³-hybridized carbons (Fsp3) is 0.517. The van der Waals surface area contributed by atoms with Gasteiger partial charge in [-0.2, -0.15) is 5.10 Å². The zero-order chi connectivity index (χ0) is 27.9. The summed E-state index contributed by atoms with van der Waals surface area (Å²) in [4.78, 5) is 33.3. The molecule has 2 saturated heterocycles. The Morgan fingerprint density at radius 1 is 1.13 bits per heavy atom. The van der Waals surface area contributed by atoms with Gasteiger partial charge in [0.1, 0.15) is 11.4 Å². The van der Waals surface area contributed by atoms with Gasteiger partial charge in [0, 0.05) is 24.9 Å². The maximum absolute atomic E-state index is 12.8. The summed E-state index contributed by atoms with van der Waals surface area (Å²) < 4.78 is 13.3. The molecule has 10 nitrogen and oxygen atoms in total. The summed E-state index contributed by atoms with van der Waals surface area (Å²) in [6.07, 6.45) is 1.51. The molecule has 1 spiro atoms. The number of benzene rings is 1. The van der Waals surface area contributed by atoms with E-state index >= 15 is 0 Å².